The maximum atomic E-state index is 6.69. The SMILES string of the molecule is CC(C)CCN(CC1(N)CCCCC1)C1CCCC1. The van der Waals surface area contributed by atoms with E-state index in [4.69, 9.17) is 5.73 Å². The van der Waals surface area contributed by atoms with Crippen LogP contribution in [0.4, 0.5) is 0 Å². The van der Waals surface area contributed by atoms with E-state index in [2.05, 4.69) is 18.7 Å². The van der Waals surface area contributed by atoms with Gasteiger partial charge in [-0.15, -0.1) is 0 Å². The largest absolute Gasteiger partial charge is 0.324 e. The molecule has 0 radical (unpaired) electrons. The lowest BCUT2D eigenvalue weighted by Gasteiger charge is -2.41. The van der Waals surface area contributed by atoms with Crippen LogP contribution in [0.15, 0.2) is 0 Å². The van der Waals surface area contributed by atoms with Crippen LogP contribution in [-0.2, 0) is 0 Å². The summed E-state index contributed by atoms with van der Waals surface area (Å²) in [5, 5.41) is 0. The molecule has 2 aliphatic carbocycles. The van der Waals surface area contributed by atoms with Crippen molar-refractivity contribution in [2.45, 2.75) is 89.6 Å². The highest BCUT2D eigenvalue weighted by Gasteiger charge is 2.32. The summed E-state index contributed by atoms with van der Waals surface area (Å²) < 4.78 is 0. The van der Waals surface area contributed by atoms with Gasteiger partial charge >= 0.3 is 0 Å². The second-order valence-corrected chi connectivity index (χ2v) is 7.51. The highest BCUT2D eigenvalue weighted by molar-refractivity contribution is 4.92. The standard InChI is InChI=1S/C17H34N2/c1-15(2)10-13-19(16-8-4-5-9-16)14-17(18)11-6-3-7-12-17/h15-16H,3-14,18H2,1-2H3. The lowest BCUT2D eigenvalue weighted by Crippen LogP contribution is -2.53. The molecule has 0 aromatic carbocycles. The van der Waals surface area contributed by atoms with Gasteiger partial charge in [-0.3, -0.25) is 4.90 Å². The van der Waals surface area contributed by atoms with Crippen molar-refractivity contribution in [1.82, 2.24) is 4.90 Å². The highest BCUT2D eigenvalue weighted by Crippen LogP contribution is 2.30. The molecule has 2 nitrogen and oxygen atoms in total. The van der Waals surface area contributed by atoms with Crippen LogP contribution in [0.2, 0.25) is 0 Å². The zero-order chi connectivity index (χ0) is 13.7. The molecule has 0 heterocycles. The molecule has 2 saturated carbocycles. The molecule has 0 aromatic rings. The summed E-state index contributed by atoms with van der Waals surface area (Å²) >= 11 is 0. The molecule has 0 aliphatic heterocycles. The molecule has 2 rings (SSSR count). The topological polar surface area (TPSA) is 29.3 Å². The van der Waals surface area contributed by atoms with E-state index >= 15 is 0 Å². The fourth-order valence-corrected chi connectivity index (χ4v) is 3.90. The van der Waals surface area contributed by atoms with Crippen molar-refractivity contribution < 1.29 is 0 Å². The Kier molecular flexibility index (Phi) is 5.70. The molecule has 0 bridgehead atoms. The van der Waals surface area contributed by atoms with Gasteiger partial charge in [0.1, 0.15) is 0 Å². The Morgan fingerprint density at radius 1 is 1.05 bits per heavy atom. The first-order valence-electron chi connectivity index (χ1n) is 8.62. The van der Waals surface area contributed by atoms with Crippen LogP contribution in [-0.4, -0.2) is 29.6 Å². The minimum Gasteiger partial charge on any atom is -0.324 e. The summed E-state index contributed by atoms with van der Waals surface area (Å²) in [5.74, 6) is 0.809. The van der Waals surface area contributed by atoms with Crippen LogP contribution in [0.3, 0.4) is 0 Å². The normalized spacial score (nSPS) is 24.5. The van der Waals surface area contributed by atoms with Gasteiger partial charge in [0.15, 0.2) is 0 Å². The maximum Gasteiger partial charge on any atom is 0.0283 e. The van der Waals surface area contributed by atoms with Crippen LogP contribution in [0.5, 0.6) is 0 Å². The van der Waals surface area contributed by atoms with Gasteiger partial charge in [-0.25, -0.2) is 0 Å². The number of hydrogen-bond acceptors (Lipinski definition) is 2. The number of rotatable bonds is 6. The molecule has 0 saturated heterocycles. The third-order valence-electron chi connectivity index (χ3n) is 5.20. The molecule has 2 aliphatic rings. The summed E-state index contributed by atoms with van der Waals surface area (Å²) in [6.45, 7) is 7.10. The van der Waals surface area contributed by atoms with E-state index in [0.717, 1.165) is 18.5 Å². The molecule has 0 aromatic heterocycles. The summed E-state index contributed by atoms with van der Waals surface area (Å²) in [6.07, 6.45) is 13.6. The van der Waals surface area contributed by atoms with E-state index in [9.17, 15) is 0 Å². The molecule has 0 spiro atoms. The quantitative estimate of drug-likeness (QED) is 0.789. The Hall–Kier alpha value is -0.0800. The van der Waals surface area contributed by atoms with Crippen molar-refractivity contribution in [3.8, 4) is 0 Å². The van der Waals surface area contributed by atoms with Crippen molar-refractivity contribution in [3.63, 3.8) is 0 Å². The van der Waals surface area contributed by atoms with Crippen LogP contribution in [0.1, 0.15) is 78.1 Å². The smallest absolute Gasteiger partial charge is 0.0283 e. The lowest BCUT2D eigenvalue weighted by atomic mass is 9.82. The Morgan fingerprint density at radius 2 is 1.68 bits per heavy atom. The predicted octanol–water partition coefficient (Wildman–Crippen LogP) is 3.94. The molecule has 0 unspecified atom stereocenters. The number of hydrogen-bond donors (Lipinski definition) is 1. The average Bonchev–Trinajstić information content (AvgIpc) is 2.89. The van der Waals surface area contributed by atoms with Crippen LogP contribution < -0.4 is 5.73 Å². The predicted molar refractivity (Wildman–Crippen MR) is 83.3 cm³/mol. The van der Waals surface area contributed by atoms with E-state index in [0.29, 0.717) is 0 Å². The van der Waals surface area contributed by atoms with Crippen molar-refractivity contribution in [1.29, 1.82) is 0 Å². The van der Waals surface area contributed by atoms with Gasteiger partial charge in [0.05, 0.1) is 0 Å². The lowest BCUT2D eigenvalue weighted by molar-refractivity contribution is 0.124. The zero-order valence-corrected chi connectivity index (χ0v) is 13.2. The monoisotopic (exact) mass is 266 g/mol. The highest BCUT2D eigenvalue weighted by atomic mass is 15.2. The third-order valence-corrected chi connectivity index (χ3v) is 5.20. The van der Waals surface area contributed by atoms with E-state index in [1.807, 2.05) is 0 Å². The van der Waals surface area contributed by atoms with Gasteiger partial charge < -0.3 is 5.73 Å². The van der Waals surface area contributed by atoms with Crippen LogP contribution >= 0.6 is 0 Å². The van der Waals surface area contributed by atoms with Crippen LogP contribution in [0, 0.1) is 5.92 Å². The molecule has 0 atom stereocenters. The van der Waals surface area contributed by atoms with E-state index in [1.165, 1.54) is 70.8 Å². The second-order valence-electron chi connectivity index (χ2n) is 7.51. The first-order chi connectivity index (χ1) is 9.09. The molecular formula is C17H34N2. The minimum atomic E-state index is 0.123. The summed E-state index contributed by atoms with van der Waals surface area (Å²) in [7, 11) is 0. The molecule has 2 N–H and O–H groups in total. The second kappa shape index (κ2) is 7.08. The third kappa shape index (κ3) is 4.75. The number of nitrogens with two attached hydrogens (primary N) is 1. The molecule has 2 fully saturated rings. The van der Waals surface area contributed by atoms with E-state index in [1.54, 1.807) is 0 Å². The molecule has 0 amide bonds. The van der Waals surface area contributed by atoms with Gasteiger partial charge in [-0.1, -0.05) is 46.0 Å². The molecule has 112 valence electrons. The minimum absolute atomic E-state index is 0.123. The van der Waals surface area contributed by atoms with E-state index in [-0.39, 0.29) is 5.54 Å². The van der Waals surface area contributed by atoms with Gasteiger partial charge in [-0.05, 0) is 44.6 Å². The number of nitrogens with zero attached hydrogens (tertiary/aromatic N) is 1. The Labute approximate surface area is 120 Å². The van der Waals surface area contributed by atoms with Crippen molar-refractivity contribution in [3.05, 3.63) is 0 Å². The maximum absolute atomic E-state index is 6.69. The van der Waals surface area contributed by atoms with Crippen molar-refractivity contribution in [2.75, 3.05) is 13.1 Å². The van der Waals surface area contributed by atoms with Gasteiger partial charge in [0.25, 0.3) is 0 Å². The summed E-state index contributed by atoms with van der Waals surface area (Å²) in [5.41, 5.74) is 6.82. The Balaban J connectivity index is 1.91. The Bertz CT molecular complexity index is 250. The van der Waals surface area contributed by atoms with Gasteiger partial charge in [0, 0.05) is 18.1 Å². The van der Waals surface area contributed by atoms with Gasteiger partial charge in [0.2, 0.25) is 0 Å². The van der Waals surface area contributed by atoms with Crippen molar-refractivity contribution in [2.24, 2.45) is 11.7 Å². The average molecular weight is 266 g/mol. The molecule has 2 heteroatoms. The van der Waals surface area contributed by atoms with E-state index < -0.39 is 0 Å². The summed E-state index contributed by atoms with van der Waals surface area (Å²) in [6, 6.07) is 0.834. The zero-order valence-electron chi connectivity index (χ0n) is 13.2. The van der Waals surface area contributed by atoms with Crippen molar-refractivity contribution >= 4 is 0 Å². The molecule has 19 heavy (non-hydrogen) atoms. The first-order valence-corrected chi connectivity index (χ1v) is 8.62. The van der Waals surface area contributed by atoms with Crippen LogP contribution in [0.25, 0.3) is 0 Å². The summed E-state index contributed by atoms with van der Waals surface area (Å²) in [4.78, 5) is 2.76. The molecular weight excluding hydrogens is 232 g/mol. The fraction of sp³-hybridized carbons (Fsp3) is 1.00. The Morgan fingerprint density at radius 3 is 2.26 bits per heavy atom. The first kappa shape index (κ1) is 15.3. The fourth-order valence-electron chi connectivity index (χ4n) is 3.90. The van der Waals surface area contributed by atoms with Gasteiger partial charge in [-0.2, -0.15) is 0 Å².